The van der Waals surface area contributed by atoms with Crippen LogP contribution in [-0.4, -0.2) is 44.8 Å². The fourth-order valence-corrected chi connectivity index (χ4v) is 4.04. The molecular formula is C16H23BrN2O2. The second-order valence-electron chi connectivity index (χ2n) is 5.96. The smallest absolute Gasteiger partial charge is 0.133 e. The molecule has 0 bridgehead atoms. The molecule has 5 heteroatoms. The van der Waals surface area contributed by atoms with Crippen LogP contribution in [0.3, 0.4) is 0 Å². The summed E-state index contributed by atoms with van der Waals surface area (Å²) in [5.74, 6) is 2.59. The fourth-order valence-electron chi connectivity index (χ4n) is 3.55. The number of likely N-dealkylation sites (tertiary alicyclic amines) is 1. The summed E-state index contributed by atoms with van der Waals surface area (Å²) in [5.41, 5.74) is 1.19. The van der Waals surface area contributed by atoms with Crippen LogP contribution in [0.15, 0.2) is 16.6 Å². The van der Waals surface area contributed by atoms with Crippen LogP contribution in [0, 0.1) is 5.92 Å². The van der Waals surface area contributed by atoms with Crippen molar-refractivity contribution in [3.05, 3.63) is 22.2 Å². The Kier molecular flexibility index (Phi) is 4.72. The van der Waals surface area contributed by atoms with E-state index in [0.717, 1.165) is 35.0 Å². The van der Waals surface area contributed by atoms with Crippen molar-refractivity contribution >= 4 is 15.9 Å². The lowest BCUT2D eigenvalue weighted by atomic mass is 9.94. The fraction of sp³-hybridized carbons (Fsp3) is 0.625. The van der Waals surface area contributed by atoms with Crippen molar-refractivity contribution in [2.45, 2.75) is 25.4 Å². The van der Waals surface area contributed by atoms with E-state index >= 15 is 0 Å². The lowest BCUT2D eigenvalue weighted by Crippen LogP contribution is -2.40. The van der Waals surface area contributed by atoms with E-state index < -0.39 is 0 Å². The average molecular weight is 355 g/mol. The molecule has 4 nitrogen and oxygen atoms in total. The van der Waals surface area contributed by atoms with Crippen molar-refractivity contribution in [3.8, 4) is 11.5 Å². The van der Waals surface area contributed by atoms with Gasteiger partial charge in [-0.3, -0.25) is 4.90 Å². The lowest BCUT2D eigenvalue weighted by Gasteiger charge is -2.24. The van der Waals surface area contributed by atoms with E-state index in [1.807, 2.05) is 6.07 Å². The molecule has 2 saturated heterocycles. The van der Waals surface area contributed by atoms with E-state index in [2.05, 4.69) is 32.2 Å². The van der Waals surface area contributed by atoms with Crippen molar-refractivity contribution in [1.29, 1.82) is 0 Å². The Morgan fingerprint density at radius 3 is 2.76 bits per heavy atom. The lowest BCUT2D eigenvalue weighted by molar-refractivity contribution is 0.304. The number of halogens is 1. The van der Waals surface area contributed by atoms with E-state index in [1.54, 1.807) is 14.2 Å². The van der Waals surface area contributed by atoms with Gasteiger partial charge in [-0.1, -0.05) is 0 Å². The van der Waals surface area contributed by atoms with Crippen LogP contribution in [-0.2, 0) is 6.54 Å². The highest BCUT2D eigenvalue weighted by Crippen LogP contribution is 2.34. The van der Waals surface area contributed by atoms with Gasteiger partial charge in [0.25, 0.3) is 0 Å². The normalized spacial score (nSPS) is 25.7. The Bertz CT molecular complexity index is 495. The maximum atomic E-state index is 5.53. The second-order valence-corrected chi connectivity index (χ2v) is 6.81. The third-order valence-electron chi connectivity index (χ3n) is 4.62. The van der Waals surface area contributed by atoms with Gasteiger partial charge in [-0.25, -0.2) is 0 Å². The maximum absolute atomic E-state index is 5.53. The maximum Gasteiger partial charge on any atom is 0.133 e. The summed E-state index contributed by atoms with van der Waals surface area (Å²) < 4.78 is 11.9. The third-order valence-corrected chi connectivity index (χ3v) is 5.24. The molecule has 0 radical (unpaired) electrons. The molecule has 116 valence electrons. The first-order valence-corrected chi connectivity index (χ1v) is 8.36. The molecule has 2 aliphatic rings. The van der Waals surface area contributed by atoms with E-state index in [1.165, 1.54) is 31.5 Å². The second kappa shape index (κ2) is 6.55. The quantitative estimate of drug-likeness (QED) is 0.901. The van der Waals surface area contributed by atoms with Gasteiger partial charge in [0, 0.05) is 31.2 Å². The standard InChI is InChI=1S/C16H23BrN2O2/c1-20-15-7-13(17)16(21-2)6-12(15)9-19-8-11-4-3-5-18-14(11)10-19/h6-7,11,14,18H,3-5,8-10H2,1-2H3. The molecule has 2 fully saturated rings. The largest absolute Gasteiger partial charge is 0.496 e. The summed E-state index contributed by atoms with van der Waals surface area (Å²) in [4.78, 5) is 2.53. The highest BCUT2D eigenvalue weighted by Gasteiger charge is 2.34. The van der Waals surface area contributed by atoms with E-state index in [4.69, 9.17) is 9.47 Å². The topological polar surface area (TPSA) is 33.7 Å². The number of nitrogens with zero attached hydrogens (tertiary/aromatic N) is 1. The predicted molar refractivity (Wildman–Crippen MR) is 87.0 cm³/mol. The number of methoxy groups -OCH3 is 2. The molecule has 1 aromatic rings. The van der Waals surface area contributed by atoms with Crippen molar-refractivity contribution in [3.63, 3.8) is 0 Å². The molecule has 0 saturated carbocycles. The minimum atomic E-state index is 0.669. The van der Waals surface area contributed by atoms with Crippen molar-refractivity contribution in [2.24, 2.45) is 5.92 Å². The van der Waals surface area contributed by atoms with Crippen LogP contribution in [0.1, 0.15) is 18.4 Å². The zero-order valence-electron chi connectivity index (χ0n) is 12.7. The number of rotatable bonds is 4. The number of piperidine rings is 1. The summed E-state index contributed by atoms with van der Waals surface area (Å²) >= 11 is 3.52. The van der Waals surface area contributed by atoms with Crippen molar-refractivity contribution in [2.75, 3.05) is 33.9 Å². The van der Waals surface area contributed by atoms with Gasteiger partial charge < -0.3 is 14.8 Å². The zero-order valence-corrected chi connectivity index (χ0v) is 14.3. The number of hydrogen-bond acceptors (Lipinski definition) is 4. The molecule has 1 aromatic carbocycles. The number of ether oxygens (including phenoxy) is 2. The van der Waals surface area contributed by atoms with Crippen LogP contribution in [0.25, 0.3) is 0 Å². The van der Waals surface area contributed by atoms with Crippen LogP contribution < -0.4 is 14.8 Å². The van der Waals surface area contributed by atoms with Gasteiger partial charge in [-0.15, -0.1) is 0 Å². The number of hydrogen-bond donors (Lipinski definition) is 1. The van der Waals surface area contributed by atoms with E-state index in [0.29, 0.717) is 6.04 Å². The molecule has 0 aromatic heterocycles. The predicted octanol–water partition coefficient (Wildman–Crippen LogP) is 2.65. The SMILES string of the molecule is COc1cc(CN2CC3CCCNC3C2)c(OC)cc1Br. The molecular weight excluding hydrogens is 332 g/mol. The van der Waals surface area contributed by atoms with E-state index in [9.17, 15) is 0 Å². The van der Waals surface area contributed by atoms with Gasteiger partial charge in [0.15, 0.2) is 0 Å². The zero-order chi connectivity index (χ0) is 14.8. The summed E-state index contributed by atoms with van der Waals surface area (Å²) in [6, 6.07) is 4.75. The van der Waals surface area contributed by atoms with Crippen LogP contribution in [0.4, 0.5) is 0 Å². The highest BCUT2D eigenvalue weighted by molar-refractivity contribution is 9.10. The number of benzene rings is 1. The van der Waals surface area contributed by atoms with Crippen LogP contribution >= 0.6 is 15.9 Å². The molecule has 2 aliphatic heterocycles. The number of fused-ring (bicyclic) bond motifs is 1. The molecule has 2 atom stereocenters. The van der Waals surface area contributed by atoms with E-state index in [-0.39, 0.29) is 0 Å². The first-order chi connectivity index (χ1) is 10.2. The number of nitrogens with one attached hydrogen (secondary N) is 1. The third kappa shape index (κ3) is 3.20. The Labute approximate surface area is 134 Å². The van der Waals surface area contributed by atoms with Crippen molar-refractivity contribution < 1.29 is 9.47 Å². The van der Waals surface area contributed by atoms with Gasteiger partial charge in [0.2, 0.25) is 0 Å². The molecule has 0 aliphatic carbocycles. The minimum absolute atomic E-state index is 0.669. The van der Waals surface area contributed by atoms with Crippen LogP contribution in [0.5, 0.6) is 11.5 Å². The Hall–Kier alpha value is -0.780. The van der Waals surface area contributed by atoms with Gasteiger partial charge >= 0.3 is 0 Å². The molecule has 2 unspecified atom stereocenters. The van der Waals surface area contributed by atoms with Gasteiger partial charge in [-0.05, 0) is 53.4 Å². The molecule has 2 heterocycles. The summed E-state index contributed by atoms with van der Waals surface area (Å²) in [6.45, 7) is 4.40. The van der Waals surface area contributed by atoms with Crippen molar-refractivity contribution in [1.82, 2.24) is 10.2 Å². The molecule has 21 heavy (non-hydrogen) atoms. The molecule has 0 amide bonds. The molecule has 1 N–H and O–H groups in total. The van der Waals surface area contributed by atoms with Gasteiger partial charge in [0.1, 0.15) is 11.5 Å². The Morgan fingerprint density at radius 2 is 2.05 bits per heavy atom. The minimum Gasteiger partial charge on any atom is -0.496 e. The first kappa shape index (κ1) is 15.1. The monoisotopic (exact) mass is 354 g/mol. The molecule has 0 spiro atoms. The molecule has 3 rings (SSSR count). The average Bonchev–Trinajstić information content (AvgIpc) is 2.90. The summed E-state index contributed by atoms with van der Waals surface area (Å²) in [7, 11) is 3.42. The van der Waals surface area contributed by atoms with Gasteiger partial charge in [0.05, 0.1) is 18.7 Å². The summed E-state index contributed by atoms with van der Waals surface area (Å²) in [5, 5.41) is 3.65. The van der Waals surface area contributed by atoms with Gasteiger partial charge in [-0.2, -0.15) is 0 Å². The Morgan fingerprint density at radius 1 is 1.24 bits per heavy atom. The van der Waals surface area contributed by atoms with Crippen LogP contribution in [0.2, 0.25) is 0 Å². The first-order valence-electron chi connectivity index (χ1n) is 7.57. The Balaban J connectivity index is 1.75. The summed E-state index contributed by atoms with van der Waals surface area (Å²) in [6.07, 6.45) is 2.67. The highest BCUT2D eigenvalue weighted by atomic mass is 79.9.